The molecule has 5 N–H and O–H groups in total. The van der Waals surface area contributed by atoms with Crippen molar-refractivity contribution in [1.29, 1.82) is 5.26 Å². The lowest BCUT2D eigenvalue weighted by atomic mass is 10.0. The van der Waals surface area contributed by atoms with E-state index in [9.17, 15) is 33.7 Å². The van der Waals surface area contributed by atoms with E-state index in [1.54, 1.807) is 6.07 Å². The van der Waals surface area contributed by atoms with Crippen molar-refractivity contribution in [1.82, 2.24) is 14.9 Å². The number of aromatic nitrogens is 2. The number of hydrogen-bond donors (Lipinski definition) is 5. The van der Waals surface area contributed by atoms with Gasteiger partial charge in [-0.2, -0.15) is 5.26 Å². The summed E-state index contributed by atoms with van der Waals surface area (Å²) >= 11 is 5.79. The minimum Gasteiger partial charge on any atom is -0.493 e. The summed E-state index contributed by atoms with van der Waals surface area (Å²) in [5.41, 5.74) is -0.909. The lowest BCUT2D eigenvalue weighted by Crippen LogP contribution is -2.45. The van der Waals surface area contributed by atoms with E-state index in [1.807, 2.05) is 0 Å². The highest BCUT2D eigenvalue weighted by Crippen LogP contribution is 2.38. The number of halogens is 3. The summed E-state index contributed by atoms with van der Waals surface area (Å²) in [4.78, 5) is 32.4. The summed E-state index contributed by atoms with van der Waals surface area (Å²) in [6.07, 6.45) is 2.60. The maximum absolute atomic E-state index is 14.4. The lowest BCUT2D eigenvalue weighted by molar-refractivity contribution is -0.124. The van der Waals surface area contributed by atoms with Gasteiger partial charge >= 0.3 is 5.69 Å². The maximum atomic E-state index is 14.4. The van der Waals surface area contributed by atoms with Crippen LogP contribution in [-0.4, -0.2) is 56.2 Å². The quantitative estimate of drug-likeness (QED) is 0.314. The van der Waals surface area contributed by atoms with E-state index in [-0.39, 0.29) is 27.5 Å². The number of nitrogens with zero attached hydrogens (tertiary/aromatic N) is 3. The zero-order valence-electron chi connectivity index (χ0n) is 18.7. The number of benzene rings is 2. The van der Waals surface area contributed by atoms with Gasteiger partial charge in [-0.1, -0.05) is 23.7 Å². The summed E-state index contributed by atoms with van der Waals surface area (Å²) in [6, 6.07) is 4.88. The number of allylic oxidation sites excluding steroid dienone is 1. The molecule has 3 aromatic rings. The van der Waals surface area contributed by atoms with Crippen LogP contribution in [0.4, 0.5) is 14.5 Å². The molecule has 0 bridgehead atoms. The van der Waals surface area contributed by atoms with E-state index in [1.165, 1.54) is 30.5 Å². The number of amides is 1. The normalized spacial score (nSPS) is 14.1. The van der Waals surface area contributed by atoms with Gasteiger partial charge in [-0.05, 0) is 29.8 Å². The highest BCUT2D eigenvalue weighted by atomic mass is 35.5. The Morgan fingerprint density at radius 3 is 2.65 bits per heavy atom. The first-order valence-electron chi connectivity index (χ1n) is 10.7. The largest absolute Gasteiger partial charge is 0.493 e. The smallest absolute Gasteiger partial charge is 0.329 e. The standard InChI is InChI=1S/C24H18ClF2N5O5/c25-16-4-3-15-13(8-29-20(15)19(16)27)6-18-23(36)32(24(37)31-18)21(22(35)30-14(9-33)10-34)11-1-2-12(7-28)17(26)5-11/h1-6,8,14,21,33-34,36H,9-10H2,(H,30,35)(H,31,37)/b13-6+. The molecule has 1 aliphatic heterocycles. The van der Waals surface area contributed by atoms with E-state index in [4.69, 9.17) is 16.9 Å². The van der Waals surface area contributed by atoms with Gasteiger partial charge in [0, 0.05) is 17.4 Å². The molecule has 0 fully saturated rings. The molecule has 2 heterocycles. The number of aromatic amines is 1. The Morgan fingerprint density at radius 1 is 1.27 bits per heavy atom. The first-order valence-corrected chi connectivity index (χ1v) is 11.1. The number of fused-ring (bicyclic) bond motifs is 1. The highest BCUT2D eigenvalue weighted by molar-refractivity contribution is 6.31. The van der Waals surface area contributed by atoms with E-state index in [0.717, 1.165) is 12.1 Å². The third-order valence-corrected chi connectivity index (χ3v) is 5.96. The Hall–Kier alpha value is -4.31. The van der Waals surface area contributed by atoms with Gasteiger partial charge < -0.3 is 25.6 Å². The first kappa shape index (κ1) is 25.8. The predicted molar refractivity (Wildman–Crippen MR) is 130 cm³/mol. The second kappa shape index (κ2) is 10.4. The van der Waals surface area contributed by atoms with E-state index < -0.39 is 54.4 Å². The van der Waals surface area contributed by atoms with Crippen molar-refractivity contribution in [3.63, 3.8) is 0 Å². The molecule has 1 unspecified atom stereocenters. The molecule has 10 nitrogen and oxygen atoms in total. The van der Waals surface area contributed by atoms with E-state index >= 15 is 0 Å². The molecule has 37 heavy (non-hydrogen) atoms. The zero-order chi connectivity index (χ0) is 26.9. The van der Waals surface area contributed by atoms with Gasteiger partial charge in [-0.15, -0.1) is 0 Å². The van der Waals surface area contributed by atoms with Gasteiger partial charge in [0.15, 0.2) is 5.82 Å². The van der Waals surface area contributed by atoms with Gasteiger partial charge in [0.2, 0.25) is 11.8 Å². The summed E-state index contributed by atoms with van der Waals surface area (Å²) in [5.74, 6) is -3.39. The molecule has 4 rings (SSSR count). The lowest BCUT2D eigenvalue weighted by Gasteiger charge is -2.22. The molecule has 13 heteroatoms. The molecule has 190 valence electrons. The number of nitriles is 1. The van der Waals surface area contributed by atoms with Crippen molar-refractivity contribution in [2.75, 3.05) is 13.2 Å². The van der Waals surface area contributed by atoms with Crippen molar-refractivity contribution in [2.45, 2.75) is 12.1 Å². The van der Waals surface area contributed by atoms with E-state index in [2.05, 4.69) is 15.3 Å². The molecular formula is C24H18ClF2N5O5. The third-order valence-electron chi connectivity index (χ3n) is 5.67. The van der Waals surface area contributed by atoms with E-state index in [0.29, 0.717) is 15.7 Å². The fourth-order valence-corrected chi connectivity index (χ4v) is 3.96. The van der Waals surface area contributed by atoms with Gasteiger partial charge in [0.05, 0.1) is 29.8 Å². The fourth-order valence-electron chi connectivity index (χ4n) is 3.81. The van der Waals surface area contributed by atoms with Crippen LogP contribution in [0.3, 0.4) is 0 Å². The Bertz CT molecular complexity index is 1550. The summed E-state index contributed by atoms with van der Waals surface area (Å²) < 4.78 is 29.3. The number of aliphatic hydroxyl groups is 2. The molecule has 0 spiro atoms. The molecule has 0 saturated carbocycles. The van der Waals surface area contributed by atoms with Crippen molar-refractivity contribution >= 4 is 41.1 Å². The van der Waals surface area contributed by atoms with Crippen molar-refractivity contribution < 1.29 is 28.9 Å². The van der Waals surface area contributed by atoms with Crippen molar-refractivity contribution in [2.24, 2.45) is 4.99 Å². The highest BCUT2D eigenvalue weighted by Gasteiger charge is 2.31. The van der Waals surface area contributed by atoms with Crippen LogP contribution >= 0.6 is 11.6 Å². The van der Waals surface area contributed by atoms with Crippen LogP contribution in [0.5, 0.6) is 5.88 Å². The van der Waals surface area contributed by atoms with Gasteiger partial charge in [0.1, 0.15) is 29.3 Å². The minimum absolute atomic E-state index is 0.0237. The molecule has 1 aliphatic rings. The van der Waals surface area contributed by atoms with Crippen LogP contribution in [0, 0.1) is 23.0 Å². The van der Waals surface area contributed by atoms with Gasteiger partial charge in [0.25, 0.3) is 0 Å². The number of aliphatic hydroxyl groups excluding tert-OH is 2. The monoisotopic (exact) mass is 529 g/mol. The number of nitrogens with one attached hydrogen (secondary N) is 2. The average Bonchev–Trinajstić information content (AvgIpc) is 3.41. The van der Waals surface area contributed by atoms with Crippen LogP contribution in [-0.2, 0) is 4.79 Å². The fraction of sp³-hybridized carbons (Fsp3) is 0.167. The molecule has 1 amide bonds. The summed E-state index contributed by atoms with van der Waals surface area (Å²) in [6.45, 7) is -1.28. The molecule has 0 radical (unpaired) electrons. The number of aliphatic imine (C=N–C) groups is 1. The maximum Gasteiger partial charge on any atom is 0.329 e. The predicted octanol–water partition coefficient (Wildman–Crippen LogP) is 2.00. The molecule has 1 atom stereocenters. The van der Waals surface area contributed by atoms with Gasteiger partial charge in [-0.25, -0.2) is 18.1 Å². The second-order valence-corrected chi connectivity index (χ2v) is 8.38. The second-order valence-electron chi connectivity index (χ2n) is 7.98. The number of rotatable bonds is 7. The van der Waals surface area contributed by atoms with Crippen LogP contribution in [0.25, 0.3) is 11.6 Å². The molecule has 0 saturated heterocycles. The van der Waals surface area contributed by atoms with Crippen molar-refractivity contribution in [3.8, 4) is 11.9 Å². The Balaban J connectivity index is 1.83. The SMILES string of the molecule is N#Cc1ccc(C(C(=O)NC(CO)CO)n2c(O)c(/C=C3\C=Nc4c3ccc(Cl)c4F)[nH]c2=O)cc1F. The van der Waals surface area contributed by atoms with Gasteiger partial charge in [-0.3, -0.25) is 9.79 Å². The third kappa shape index (κ3) is 4.75. The summed E-state index contributed by atoms with van der Waals surface area (Å²) in [5, 5.41) is 40.8. The molecule has 0 aliphatic carbocycles. The number of carbonyl (C=O) groups excluding carboxylic acids is 1. The number of H-pyrrole nitrogens is 1. The number of aromatic hydroxyl groups is 1. The zero-order valence-corrected chi connectivity index (χ0v) is 19.5. The van der Waals surface area contributed by atoms with Crippen molar-refractivity contribution in [3.05, 3.63) is 79.9 Å². The number of hydrogen-bond acceptors (Lipinski definition) is 7. The Labute approximate surface area is 212 Å². The Kier molecular flexibility index (Phi) is 7.21. The topological polar surface area (TPSA) is 164 Å². The minimum atomic E-state index is -1.67. The number of carbonyl (C=O) groups is 1. The number of imidazole rings is 1. The van der Waals surface area contributed by atoms with Crippen LogP contribution in [0.1, 0.15) is 28.4 Å². The molecule has 1 aromatic heterocycles. The van der Waals surface area contributed by atoms with Crippen LogP contribution < -0.4 is 11.0 Å². The first-order chi connectivity index (χ1) is 17.7. The van der Waals surface area contributed by atoms with Crippen LogP contribution in [0.2, 0.25) is 5.02 Å². The molecular weight excluding hydrogens is 512 g/mol. The summed E-state index contributed by atoms with van der Waals surface area (Å²) in [7, 11) is 0. The average molecular weight is 530 g/mol. The Morgan fingerprint density at radius 2 is 2.00 bits per heavy atom. The molecule has 2 aromatic carbocycles. The van der Waals surface area contributed by atoms with Crippen LogP contribution in [0.15, 0.2) is 40.1 Å².